The summed E-state index contributed by atoms with van der Waals surface area (Å²) in [5.41, 5.74) is 6.06. The van der Waals surface area contributed by atoms with E-state index in [0.29, 0.717) is 42.4 Å². The number of primary amides is 1. The van der Waals surface area contributed by atoms with Gasteiger partial charge in [-0.05, 0) is 36.4 Å². The number of nitrogens with two attached hydrogens (primary N) is 1. The average Bonchev–Trinajstić information content (AvgIpc) is 3.12. The summed E-state index contributed by atoms with van der Waals surface area (Å²) in [6.07, 6.45) is 0.0564. The Hall–Kier alpha value is -2.27. The molecule has 0 bridgehead atoms. The molecule has 144 valence electrons. The van der Waals surface area contributed by atoms with E-state index < -0.39 is 15.9 Å². The Bertz CT molecular complexity index is 932. The van der Waals surface area contributed by atoms with Crippen molar-refractivity contribution in [2.45, 2.75) is 10.6 Å². The zero-order valence-corrected chi connectivity index (χ0v) is 16.0. The summed E-state index contributed by atoms with van der Waals surface area (Å²) in [5, 5.41) is 2.71. The summed E-state index contributed by atoms with van der Waals surface area (Å²) in [7, 11) is -3.55. The number of thiophene rings is 1. The second-order valence-electron chi connectivity index (χ2n) is 5.90. The molecule has 8 nitrogen and oxygen atoms in total. The van der Waals surface area contributed by atoms with Gasteiger partial charge in [-0.15, -0.1) is 11.3 Å². The fourth-order valence-electron chi connectivity index (χ4n) is 2.59. The number of rotatable bonds is 6. The van der Waals surface area contributed by atoms with Crippen LogP contribution in [-0.2, 0) is 26.0 Å². The first-order valence-corrected chi connectivity index (χ1v) is 10.5. The Morgan fingerprint density at radius 2 is 1.78 bits per heavy atom. The van der Waals surface area contributed by atoms with Crippen molar-refractivity contribution in [1.82, 2.24) is 4.31 Å². The molecule has 0 atom stereocenters. The summed E-state index contributed by atoms with van der Waals surface area (Å²) in [6.45, 7) is 1.43. The van der Waals surface area contributed by atoms with Crippen molar-refractivity contribution in [3.63, 3.8) is 0 Å². The highest BCUT2D eigenvalue weighted by atomic mass is 32.2. The Labute approximate surface area is 161 Å². The minimum absolute atomic E-state index is 0.0564. The number of sulfonamides is 1. The number of ether oxygens (including phenoxy) is 1. The molecule has 2 amide bonds. The predicted molar refractivity (Wildman–Crippen MR) is 101 cm³/mol. The summed E-state index contributed by atoms with van der Waals surface area (Å²) >= 11 is 1.09. The topological polar surface area (TPSA) is 119 Å². The van der Waals surface area contributed by atoms with Crippen LogP contribution in [0.2, 0.25) is 0 Å². The van der Waals surface area contributed by atoms with Crippen LogP contribution in [0.4, 0.5) is 5.69 Å². The van der Waals surface area contributed by atoms with E-state index in [2.05, 4.69) is 5.32 Å². The summed E-state index contributed by atoms with van der Waals surface area (Å²) < 4.78 is 32.0. The summed E-state index contributed by atoms with van der Waals surface area (Å²) in [5.74, 6) is -0.820. The molecule has 10 heteroatoms. The van der Waals surface area contributed by atoms with Gasteiger partial charge in [0, 0.05) is 29.2 Å². The SMILES string of the molecule is NC(=O)c1ccc(NC(=O)Cc2ccc(S(=O)(=O)N3CCOCC3)s2)cc1. The molecule has 1 aromatic heterocycles. The third-order valence-corrected chi connectivity index (χ3v) is 7.44. The minimum atomic E-state index is -3.55. The molecule has 0 aliphatic carbocycles. The highest BCUT2D eigenvalue weighted by Gasteiger charge is 2.27. The van der Waals surface area contributed by atoms with Gasteiger partial charge in [-0.1, -0.05) is 0 Å². The molecule has 2 aromatic rings. The minimum Gasteiger partial charge on any atom is -0.379 e. The van der Waals surface area contributed by atoms with E-state index in [-0.39, 0.29) is 16.5 Å². The third kappa shape index (κ3) is 4.72. The van der Waals surface area contributed by atoms with E-state index >= 15 is 0 Å². The molecule has 27 heavy (non-hydrogen) atoms. The van der Waals surface area contributed by atoms with Gasteiger partial charge in [-0.25, -0.2) is 8.42 Å². The Balaban J connectivity index is 1.63. The van der Waals surface area contributed by atoms with Gasteiger partial charge in [0.2, 0.25) is 11.8 Å². The smallest absolute Gasteiger partial charge is 0.252 e. The van der Waals surface area contributed by atoms with Crippen molar-refractivity contribution >= 4 is 38.9 Å². The normalized spacial score (nSPS) is 15.4. The van der Waals surface area contributed by atoms with Crippen LogP contribution >= 0.6 is 11.3 Å². The first-order valence-electron chi connectivity index (χ1n) is 8.22. The molecule has 1 saturated heterocycles. The molecular formula is C17H19N3O5S2. The zero-order chi connectivity index (χ0) is 19.4. The number of anilines is 1. The fourth-order valence-corrected chi connectivity index (χ4v) is 5.50. The van der Waals surface area contributed by atoms with Gasteiger partial charge in [0.1, 0.15) is 4.21 Å². The van der Waals surface area contributed by atoms with Crippen molar-refractivity contribution in [2.75, 3.05) is 31.6 Å². The van der Waals surface area contributed by atoms with Gasteiger partial charge in [0.05, 0.1) is 19.6 Å². The van der Waals surface area contributed by atoms with Crippen LogP contribution < -0.4 is 11.1 Å². The van der Waals surface area contributed by atoms with Crippen LogP contribution in [0.3, 0.4) is 0 Å². The van der Waals surface area contributed by atoms with Crippen LogP contribution in [0, 0.1) is 0 Å². The van der Waals surface area contributed by atoms with Crippen molar-refractivity contribution in [3.8, 4) is 0 Å². The highest BCUT2D eigenvalue weighted by Crippen LogP contribution is 2.26. The zero-order valence-electron chi connectivity index (χ0n) is 14.4. The molecule has 0 unspecified atom stereocenters. The lowest BCUT2D eigenvalue weighted by molar-refractivity contribution is -0.115. The van der Waals surface area contributed by atoms with E-state index in [1.165, 1.54) is 22.5 Å². The van der Waals surface area contributed by atoms with E-state index in [1.807, 2.05) is 0 Å². The second-order valence-corrected chi connectivity index (χ2v) is 9.24. The molecule has 3 N–H and O–H groups in total. The molecule has 0 saturated carbocycles. The monoisotopic (exact) mass is 409 g/mol. The molecule has 1 aromatic carbocycles. The maximum absolute atomic E-state index is 12.6. The lowest BCUT2D eigenvalue weighted by atomic mass is 10.2. The number of nitrogens with zero attached hydrogens (tertiary/aromatic N) is 1. The molecule has 2 heterocycles. The van der Waals surface area contributed by atoms with Crippen LogP contribution in [0.1, 0.15) is 15.2 Å². The number of carbonyl (C=O) groups excluding carboxylic acids is 2. The standard InChI is InChI=1S/C17H19N3O5S2/c18-17(22)12-1-3-13(4-2-12)19-15(21)11-14-5-6-16(26-14)27(23,24)20-7-9-25-10-8-20/h1-6H,7-11H2,(H2,18,22)(H,19,21). The van der Waals surface area contributed by atoms with Gasteiger partial charge in [-0.3, -0.25) is 9.59 Å². The van der Waals surface area contributed by atoms with E-state index in [1.54, 1.807) is 18.2 Å². The van der Waals surface area contributed by atoms with Crippen molar-refractivity contribution < 1.29 is 22.7 Å². The summed E-state index contributed by atoms with van der Waals surface area (Å²) in [6, 6.07) is 9.39. The maximum atomic E-state index is 12.6. The third-order valence-electron chi connectivity index (χ3n) is 3.99. The fraction of sp³-hybridized carbons (Fsp3) is 0.294. The van der Waals surface area contributed by atoms with Gasteiger partial charge < -0.3 is 15.8 Å². The largest absolute Gasteiger partial charge is 0.379 e. The summed E-state index contributed by atoms with van der Waals surface area (Å²) in [4.78, 5) is 23.9. The average molecular weight is 409 g/mol. The van der Waals surface area contributed by atoms with Crippen LogP contribution in [0.15, 0.2) is 40.6 Å². The first-order chi connectivity index (χ1) is 12.9. The quantitative estimate of drug-likeness (QED) is 0.739. The van der Waals surface area contributed by atoms with Crippen molar-refractivity contribution in [3.05, 3.63) is 46.8 Å². The Kier molecular flexibility index (Phi) is 5.90. The molecule has 1 aliphatic rings. The molecule has 0 spiro atoms. The highest BCUT2D eigenvalue weighted by molar-refractivity contribution is 7.91. The number of carbonyl (C=O) groups is 2. The maximum Gasteiger partial charge on any atom is 0.252 e. The first kappa shape index (κ1) is 19.5. The van der Waals surface area contributed by atoms with Gasteiger partial charge >= 0.3 is 0 Å². The van der Waals surface area contributed by atoms with Crippen molar-refractivity contribution in [2.24, 2.45) is 5.73 Å². The second kappa shape index (κ2) is 8.17. The van der Waals surface area contributed by atoms with Crippen molar-refractivity contribution in [1.29, 1.82) is 0 Å². The van der Waals surface area contributed by atoms with E-state index in [0.717, 1.165) is 11.3 Å². The molecule has 3 rings (SSSR count). The van der Waals surface area contributed by atoms with Crippen LogP contribution in [0.25, 0.3) is 0 Å². The number of morpholine rings is 1. The van der Waals surface area contributed by atoms with E-state index in [4.69, 9.17) is 10.5 Å². The molecule has 1 fully saturated rings. The molecular weight excluding hydrogens is 390 g/mol. The predicted octanol–water partition coefficient (Wildman–Crippen LogP) is 1.05. The van der Waals surface area contributed by atoms with Crippen LogP contribution in [0.5, 0.6) is 0 Å². The van der Waals surface area contributed by atoms with Gasteiger partial charge in [-0.2, -0.15) is 4.31 Å². The number of amides is 2. The number of hydrogen-bond acceptors (Lipinski definition) is 6. The lowest BCUT2D eigenvalue weighted by Crippen LogP contribution is -2.40. The van der Waals surface area contributed by atoms with E-state index in [9.17, 15) is 18.0 Å². The lowest BCUT2D eigenvalue weighted by Gasteiger charge is -2.25. The Morgan fingerprint density at radius 1 is 1.11 bits per heavy atom. The molecule has 0 radical (unpaired) electrons. The molecule has 1 aliphatic heterocycles. The van der Waals surface area contributed by atoms with Gasteiger partial charge in [0.15, 0.2) is 0 Å². The number of hydrogen-bond donors (Lipinski definition) is 2. The Morgan fingerprint density at radius 3 is 2.41 bits per heavy atom. The number of nitrogens with one attached hydrogen (secondary N) is 1. The number of benzene rings is 1. The van der Waals surface area contributed by atoms with Gasteiger partial charge in [0.25, 0.3) is 10.0 Å². The van der Waals surface area contributed by atoms with Crippen LogP contribution in [-0.4, -0.2) is 50.8 Å².